The summed E-state index contributed by atoms with van der Waals surface area (Å²) in [4.78, 5) is 13.0. The van der Waals surface area contributed by atoms with E-state index >= 15 is 0 Å². The van der Waals surface area contributed by atoms with Crippen LogP contribution in [0.1, 0.15) is 42.5 Å². The normalized spacial score (nSPS) is 17.6. The van der Waals surface area contributed by atoms with Crippen LogP contribution in [0.2, 0.25) is 0 Å². The summed E-state index contributed by atoms with van der Waals surface area (Å²) in [6, 6.07) is 15.0. The van der Waals surface area contributed by atoms with Crippen LogP contribution in [0.5, 0.6) is 0 Å². The number of rotatable bonds is 6. The molecule has 28 heavy (non-hydrogen) atoms. The summed E-state index contributed by atoms with van der Waals surface area (Å²) in [6.45, 7) is 2.19. The van der Waals surface area contributed by atoms with Crippen LogP contribution in [0.4, 0.5) is 0 Å². The number of nitrogens with one attached hydrogen (secondary N) is 1. The Labute approximate surface area is 171 Å². The van der Waals surface area contributed by atoms with Gasteiger partial charge in [-0.2, -0.15) is 5.10 Å². The third-order valence-electron chi connectivity index (χ3n) is 4.77. The molecule has 2 atom stereocenters. The first-order valence-corrected chi connectivity index (χ1v) is 9.87. The Bertz CT molecular complexity index is 967. The van der Waals surface area contributed by atoms with Crippen molar-refractivity contribution in [2.24, 2.45) is 5.10 Å². The largest absolute Gasteiger partial charge is 0.467 e. The standard InChI is InChI=1S/C21H20BrN3O3/c1-14(15-6-2-3-7-16(15)22)23-13-21(26)25-18(20-9-5-11-28-20)12-17(24-25)19-8-4-10-27-19/h2-11,14,18,23H,12-13H2,1H3. The van der Waals surface area contributed by atoms with Gasteiger partial charge in [-0.15, -0.1) is 0 Å². The van der Waals surface area contributed by atoms with Crippen LogP contribution >= 0.6 is 15.9 Å². The molecule has 0 radical (unpaired) electrons. The van der Waals surface area contributed by atoms with E-state index in [2.05, 4.69) is 26.3 Å². The van der Waals surface area contributed by atoms with E-state index in [1.54, 1.807) is 12.5 Å². The van der Waals surface area contributed by atoms with Crippen LogP contribution in [0.15, 0.2) is 79.5 Å². The third kappa shape index (κ3) is 3.81. The highest BCUT2D eigenvalue weighted by Gasteiger charge is 2.35. The van der Waals surface area contributed by atoms with Crippen LogP contribution in [0.3, 0.4) is 0 Å². The molecular formula is C21H20BrN3O3. The Balaban J connectivity index is 1.49. The molecule has 0 fully saturated rings. The van der Waals surface area contributed by atoms with E-state index in [1.165, 1.54) is 5.01 Å². The van der Waals surface area contributed by atoms with Crippen molar-refractivity contribution in [2.45, 2.75) is 25.4 Å². The lowest BCUT2D eigenvalue weighted by molar-refractivity contribution is -0.132. The summed E-state index contributed by atoms with van der Waals surface area (Å²) in [5.74, 6) is 1.25. The number of carbonyl (C=O) groups is 1. The van der Waals surface area contributed by atoms with Crippen LogP contribution in [-0.2, 0) is 4.79 Å². The second-order valence-corrected chi connectivity index (χ2v) is 7.48. The smallest absolute Gasteiger partial charge is 0.257 e. The number of halogens is 1. The second kappa shape index (κ2) is 8.16. The second-order valence-electron chi connectivity index (χ2n) is 6.62. The van der Waals surface area contributed by atoms with Gasteiger partial charge in [0.25, 0.3) is 5.91 Å². The fourth-order valence-electron chi connectivity index (χ4n) is 3.29. The average Bonchev–Trinajstić information content (AvgIpc) is 3.46. The summed E-state index contributed by atoms with van der Waals surface area (Å²) in [7, 11) is 0. The number of nitrogens with zero attached hydrogens (tertiary/aromatic N) is 2. The van der Waals surface area contributed by atoms with Crippen molar-refractivity contribution in [2.75, 3.05) is 6.54 Å². The zero-order valence-corrected chi connectivity index (χ0v) is 16.9. The predicted octanol–water partition coefficient (Wildman–Crippen LogP) is 4.66. The van der Waals surface area contributed by atoms with Gasteiger partial charge in [0, 0.05) is 16.9 Å². The minimum atomic E-state index is -0.275. The topological polar surface area (TPSA) is 71.0 Å². The molecule has 3 heterocycles. The van der Waals surface area contributed by atoms with Gasteiger partial charge in [-0.25, -0.2) is 5.01 Å². The predicted molar refractivity (Wildman–Crippen MR) is 109 cm³/mol. The lowest BCUT2D eigenvalue weighted by Crippen LogP contribution is -2.36. The molecule has 2 unspecified atom stereocenters. The molecule has 4 rings (SSSR count). The molecular weight excluding hydrogens is 422 g/mol. The van der Waals surface area contributed by atoms with E-state index in [-0.39, 0.29) is 24.5 Å². The van der Waals surface area contributed by atoms with E-state index in [1.807, 2.05) is 55.5 Å². The van der Waals surface area contributed by atoms with Gasteiger partial charge in [0.2, 0.25) is 0 Å². The van der Waals surface area contributed by atoms with Crippen LogP contribution in [0.25, 0.3) is 0 Å². The highest BCUT2D eigenvalue weighted by atomic mass is 79.9. The van der Waals surface area contributed by atoms with Crippen molar-refractivity contribution in [3.8, 4) is 0 Å². The van der Waals surface area contributed by atoms with E-state index in [4.69, 9.17) is 8.83 Å². The van der Waals surface area contributed by atoms with Gasteiger partial charge >= 0.3 is 0 Å². The molecule has 1 amide bonds. The van der Waals surface area contributed by atoms with Gasteiger partial charge in [0.1, 0.15) is 23.3 Å². The Kier molecular flexibility index (Phi) is 5.45. The zero-order chi connectivity index (χ0) is 19.5. The van der Waals surface area contributed by atoms with Crippen molar-refractivity contribution in [1.29, 1.82) is 0 Å². The van der Waals surface area contributed by atoms with Crippen LogP contribution < -0.4 is 5.32 Å². The van der Waals surface area contributed by atoms with Crippen molar-refractivity contribution in [3.05, 3.63) is 82.6 Å². The summed E-state index contributed by atoms with van der Waals surface area (Å²) >= 11 is 3.56. The summed E-state index contributed by atoms with van der Waals surface area (Å²) in [5, 5.41) is 9.32. The summed E-state index contributed by atoms with van der Waals surface area (Å²) in [6.07, 6.45) is 3.76. The quantitative estimate of drug-likeness (QED) is 0.603. The monoisotopic (exact) mass is 441 g/mol. The van der Waals surface area contributed by atoms with Crippen molar-refractivity contribution >= 4 is 27.5 Å². The molecule has 1 aliphatic heterocycles. The van der Waals surface area contributed by atoms with Gasteiger partial charge in [0.15, 0.2) is 0 Å². The Morgan fingerprint density at radius 2 is 2.00 bits per heavy atom. The summed E-state index contributed by atoms with van der Waals surface area (Å²) in [5.41, 5.74) is 1.83. The first kappa shape index (κ1) is 18.7. The fourth-order valence-corrected chi connectivity index (χ4v) is 3.92. The molecule has 2 aromatic heterocycles. The minimum absolute atomic E-state index is 0.0118. The number of hydrogen-bond acceptors (Lipinski definition) is 5. The lowest BCUT2D eigenvalue weighted by Gasteiger charge is -2.22. The molecule has 1 N–H and O–H groups in total. The van der Waals surface area contributed by atoms with E-state index in [0.29, 0.717) is 17.9 Å². The molecule has 144 valence electrons. The minimum Gasteiger partial charge on any atom is -0.467 e. The zero-order valence-electron chi connectivity index (χ0n) is 15.3. The summed E-state index contributed by atoms with van der Waals surface area (Å²) < 4.78 is 12.0. The molecule has 0 spiro atoms. The van der Waals surface area contributed by atoms with Crippen molar-refractivity contribution in [1.82, 2.24) is 10.3 Å². The number of hydrogen-bond donors (Lipinski definition) is 1. The third-order valence-corrected chi connectivity index (χ3v) is 5.50. The van der Waals surface area contributed by atoms with Crippen molar-refractivity contribution < 1.29 is 13.6 Å². The molecule has 0 aliphatic carbocycles. The number of amides is 1. The van der Waals surface area contributed by atoms with Gasteiger partial charge < -0.3 is 14.2 Å². The van der Waals surface area contributed by atoms with Crippen LogP contribution in [0, 0.1) is 0 Å². The highest BCUT2D eigenvalue weighted by Crippen LogP contribution is 2.33. The number of benzene rings is 1. The van der Waals surface area contributed by atoms with Crippen LogP contribution in [-0.4, -0.2) is 23.2 Å². The van der Waals surface area contributed by atoms with Gasteiger partial charge in [-0.3, -0.25) is 4.79 Å². The number of furan rings is 2. The Hall–Kier alpha value is -2.64. The SMILES string of the molecule is CC(NCC(=O)N1N=C(c2ccco2)CC1c1ccco1)c1ccccc1Br. The molecule has 0 saturated heterocycles. The molecule has 1 aromatic carbocycles. The molecule has 7 heteroatoms. The Morgan fingerprint density at radius 1 is 1.21 bits per heavy atom. The maximum atomic E-state index is 13.0. The maximum absolute atomic E-state index is 13.0. The highest BCUT2D eigenvalue weighted by molar-refractivity contribution is 9.10. The molecule has 6 nitrogen and oxygen atoms in total. The molecule has 0 bridgehead atoms. The first-order valence-electron chi connectivity index (χ1n) is 9.08. The lowest BCUT2D eigenvalue weighted by atomic mass is 10.1. The first-order chi connectivity index (χ1) is 13.6. The van der Waals surface area contributed by atoms with Gasteiger partial charge in [-0.1, -0.05) is 34.1 Å². The number of hydrazone groups is 1. The van der Waals surface area contributed by atoms with Gasteiger partial charge in [-0.05, 0) is 42.8 Å². The van der Waals surface area contributed by atoms with E-state index in [9.17, 15) is 4.79 Å². The molecule has 0 saturated carbocycles. The maximum Gasteiger partial charge on any atom is 0.257 e. The number of carbonyl (C=O) groups excluding carboxylic acids is 1. The Morgan fingerprint density at radius 3 is 2.71 bits per heavy atom. The fraction of sp³-hybridized carbons (Fsp3) is 0.238. The molecule has 3 aromatic rings. The van der Waals surface area contributed by atoms with Gasteiger partial charge in [0.05, 0.1) is 19.1 Å². The van der Waals surface area contributed by atoms with E-state index < -0.39 is 0 Å². The average molecular weight is 442 g/mol. The van der Waals surface area contributed by atoms with E-state index in [0.717, 1.165) is 15.7 Å². The van der Waals surface area contributed by atoms with Crippen molar-refractivity contribution in [3.63, 3.8) is 0 Å². The molecule has 1 aliphatic rings.